The van der Waals surface area contributed by atoms with E-state index in [1.54, 1.807) is 44.2 Å². The van der Waals surface area contributed by atoms with Crippen LogP contribution in [0.3, 0.4) is 0 Å². The van der Waals surface area contributed by atoms with E-state index < -0.39 is 19.8 Å². The highest BCUT2D eigenvalue weighted by Crippen LogP contribution is 2.46. The molecule has 9 nitrogen and oxygen atoms in total. The molecule has 4 N–H and O–H groups in total. The monoisotopic (exact) mass is 435 g/mol. The summed E-state index contributed by atoms with van der Waals surface area (Å²) in [7, 11) is -3.08. The Balaban J connectivity index is 0.00000218. The van der Waals surface area contributed by atoms with Crippen LogP contribution in [0, 0.1) is 11.3 Å². The number of carbonyl (C=O) groups excluding carboxylic acids is 1. The van der Waals surface area contributed by atoms with E-state index in [4.69, 9.17) is 29.9 Å². The molecular formula is C20H26N3O6P. The van der Waals surface area contributed by atoms with Gasteiger partial charge in [-0.1, -0.05) is 18.2 Å². The van der Waals surface area contributed by atoms with E-state index in [1.165, 1.54) is 25.1 Å². The molecule has 10 heteroatoms. The Kier molecular flexibility index (Phi) is 9.85. The molecule has 2 aromatic carbocycles. The van der Waals surface area contributed by atoms with E-state index in [-0.39, 0.29) is 23.3 Å². The molecular weight excluding hydrogens is 409 g/mol. The van der Waals surface area contributed by atoms with E-state index in [2.05, 4.69) is 5.09 Å². The van der Waals surface area contributed by atoms with Gasteiger partial charge in [-0.25, -0.2) is 4.57 Å². The highest BCUT2D eigenvalue weighted by atomic mass is 31.2. The van der Waals surface area contributed by atoms with Gasteiger partial charge in [0.25, 0.3) is 0 Å². The molecule has 0 aliphatic carbocycles. The topological polar surface area (TPSA) is 144 Å². The summed E-state index contributed by atoms with van der Waals surface area (Å²) in [6, 6.07) is 13.6. The first-order chi connectivity index (χ1) is 14.2. The number of nitrogen functional groups attached to an aromatic ring is 1. The lowest BCUT2D eigenvalue weighted by molar-refractivity contribution is -0.149. The van der Waals surface area contributed by atoms with Gasteiger partial charge in [0.05, 0.1) is 23.4 Å². The molecule has 0 spiro atoms. The number of carbonyl (C=O) groups is 1. The van der Waals surface area contributed by atoms with Gasteiger partial charge in [-0.3, -0.25) is 4.79 Å². The van der Waals surface area contributed by atoms with Crippen molar-refractivity contribution in [2.75, 3.05) is 12.8 Å². The number of anilines is 1. The van der Waals surface area contributed by atoms with Crippen LogP contribution in [0.15, 0.2) is 48.5 Å². The van der Waals surface area contributed by atoms with Crippen LogP contribution in [0.25, 0.3) is 0 Å². The number of hydrogen-bond acceptors (Lipinski definition) is 8. The molecule has 0 fully saturated rings. The number of aliphatic hydroxyl groups excluding tert-OH is 1. The van der Waals surface area contributed by atoms with Gasteiger partial charge in [0.2, 0.25) is 0 Å². The number of hydrogen-bond donors (Lipinski definition) is 3. The van der Waals surface area contributed by atoms with Crippen molar-refractivity contribution in [3.63, 3.8) is 0 Å². The van der Waals surface area contributed by atoms with Crippen molar-refractivity contribution in [1.82, 2.24) is 5.09 Å². The third kappa shape index (κ3) is 7.76. The Morgan fingerprint density at radius 3 is 2.30 bits per heavy atom. The van der Waals surface area contributed by atoms with Gasteiger partial charge < -0.3 is 24.6 Å². The summed E-state index contributed by atoms with van der Waals surface area (Å²) < 4.78 is 29.6. The second-order valence-corrected chi connectivity index (χ2v) is 7.81. The van der Waals surface area contributed by atoms with Gasteiger partial charge in [0, 0.05) is 7.11 Å². The summed E-state index contributed by atoms with van der Waals surface area (Å²) in [6.07, 6.45) is -0.332. The van der Waals surface area contributed by atoms with Crippen molar-refractivity contribution >= 4 is 19.4 Å². The molecule has 0 amide bonds. The average molecular weight is 435 g/mol. The first-order valence-electron chi connectivity index (χ1n) is 8.99. The molecule has 0 aliphatic heterocycles. The van der Waals surface area contributed by atoms with Crippen LogP contribution in [-0.2, 0) is 14.1 Å². The predicted molar refractivity (Wildman–Crippen MR) is 113 cm³/mol. The van der Waals surface area contributed by atoms with Crippen LogP contribution in [0.4, 0.5) is 5.69 Å². The number of rotatable bonds is 8. The lowest BCUT2D eigenvalue weighted by Gasteiger charge is -2.24. The summed E-state index contributed by atoms with van der Waals surface area (Å²) >= 11 is 0. The van der Waals surface area contributed by atoms with Crippen molar-refractivity contribution in [2.24, 2.45) is 0 Å². The fraction of sp³-hybridized carbons (Fsp3) is 0.300. The second-order valence-electron chi connectivity index (χ2n) is 6.19. The van der Waals surface area contributed by atoms with Crippen LogP contribution in [0.2, 0.25) is 0 Å². The summed E-state index contributed by atoms with van der Waals surface area (Å²) in [4.78, 5) is 12.1. The van der Waals surface area contributed by atoms with Crippen LogP contribution >= 0.6 is 7.75 Å². The molecule has 30 heavy (non-hydrogen) atoms. The Morgan fingerprint density at radius 1 is 1.13 bits per heavy atom. The molecule has 0 aromatic heterocycles. The van der Waals surface area contributed by atoms with Crippen molar-refractivity contribution in [1.29, 1.82) is 5.26 Å². The highest BCUT2D eigenvalue weighted by Gasteiger charge is 2.34. The van der Waals surface area contributed by atoms with Crippen LogP contribution in [-0.4, -0.2) is 30.3 Å². The molecule has 0 radical (unpaired) electrons. The lowest BCUT2D eigenvalue weighted by atomic mass is 10.2. The van der Waals surface area contributed by atoms with E-state index in [9.17, 15) is 9.36 Å². The first-order valence-corrected chi connectivity index (χ1v) is 10.5. The van der Waals surface area contributed by atoms with E-state index >= 15 is 0 Å². The molecule has 0 aliphatic rings. The lowest BCUT2D eigenvalue weighted by Crippen LogP contribution is -2.36. The largest absolute Gasteiger partial charge is 0.513 e. The number of para-hydroxylation sites is 1. The van der Waals surface area contributed by atoms with Gasteiger partial charge in [-0.2, -0.15) is 10.3 Å². The summed E-state index contributed by atoms with van der Waals surface area (Å²) in [6.45, 7) is 4.90. The normalized spacial score (nSPS) is 13.1. The zero-order valence-electron chi connectivity index (χ0n) is 17.2. The summed E-state index contributed by atoms with van der Waals surface area (Å²) in [5, 5.41) is 18.5. The van der Waals surface area contributed by atoms with E-state index in [0.717, 1.165) is 7.11 Å². The Bertz CT molecular complexity index is 915. The second kappa shape index (κ2) is 11.8. The van der Waals surface area contributed by atoms with Crippen molar-refractivity contribution in [3.8, 4) is 17.6 Å². The van der Waals surface area contributed by atoms with Crippen molar-refractivity contribution in [2.45, 2.75) is 32.9 Å². The Labute approximate surface area is 176 Å². The maximum absolute atomic E-state index is 13.4. The Hall–Kier alpha value is -3.05. The third-order valence-corrected chi connectivity index (χ3v) is 4.98. The molecule has 0 bridgehead atoms. The maximum Gasteiger partial charge on any atom is 0.513 e. The van der Waals surface area contributed by atoms with Gasteiger partial charge in [0.1, 0.15) is 11.8 Å². The third-order valence-electron chi connectivity index (χ3n) is 3.38. The standard InChI is InChI=1S/C19H22N3O5P.CH4O/c1-13(2)25-19(23)14(3)22-28(24,26-16-7-5-4-6-8-16)27-18-10-9-15(12-20)11-17(18)21;1-2/h4-11,13-14H,21H2,1-3H3,(H,22,24);2H,1H3/t14-,28?;/m0./s1. The first kappa shape index (κ1) is 25.0. The highest BCUT2D eigenvalue weighted by molar-refractivity contribution is 7.52. The van der Waals surface area contributed by atoms with E-state index in [0.29, 0.717) is 5.56 Å². The molecule has 1 unspecified atom stereocenters. The minimum Gasteiger partial charge on any atom is -0.462 e. The van der Waals surface area contributed by atoms with Crippen LogP contribution in [0.5, 0.6) is 11.5 Å². The maximum atomic E-state index is 13.4. The van der Waals surface area contributed by atoms with E-state index in [1.807, 2.05) is 6.07 Å². The SMILES string of the molecule is CC(C)OC(=O)[C@H](C)NP(=O)(Oc1ccccc1)Oc1ccc(C#N)cc1N.CO. The minimum atomic E-state index is -4.08. The predicted octanol–water partition coefficient (Wildman–Crippen LogP) is 3.24. The molecule has 0 heterocycles. The number of ether oxygens (including phenoxy) is 1. The van der Waals surface area contributed by atoms with Crippen LogP contribution in [0.1, 0.15) is 26.3 Å². The molecule has 2 aromatic rings. The number of esters is 1. The fourth-order valence-corrected chi connectivity index (χ4v) is 3.69. The van der Waals surface area contributed by atoms with Crippen molar-refractivity contribution in [3.05, 3.63) is 54.1 Å². The van der Waals surface area contributed by atoms with Crippen LogP contribution < -0.4 is 19.9 Å². The van der Waals surface area contributed by atoms with Gasteiger partial charge in [-0.15, -0.1) is 0 Å². The van der Waals surface area contributed by atoms with Gasteiger partial charge in [0.15, 0.2) is 5.75 Å². The number of nitrogens with two attached hydrogens (primary N) is 1. The average Bonchev–Trinajstić information content (AvgIpc) is 2.71. The number of nitriles is 1. The van der Waals surface area contributed by atoms with Crippen molar-refractivity contribution < 1.29 is 28.3 Å². The molecule has 0 saturated heterocycles. The van der Waals surface area contributed by atoms with Gasteiger partial charge in [-0.05, 0) is 51.1 Å². The quantitative estimate of drug-likeness (QED) is 0.323. The van der Waals surface area contributed by atoms with Gasteiger partial charge >= 0.3 is 13.7 Å². The summed E-state index contributed by atoms with van der Waals surface area (Å²) in [5.41, 5.74) is 6.31. The molecule has 2 atom stereocenters. The number of nitrogens with zero attached hydrogens (tertiary/aromatic N) is 1. The zero-order valence-corrected chi connectivity index (χ0v) is 18.1. The molecule has 2 rings (SSSR count). The number of aliphatic hydroxyl groups is 1. The fourth-order valence-electron chi connectivity index (χ4n) is 2.15. The zero-order chi connectivity index (χ0) is 22.7. The molecule has 0 saturated carbocycles. The minimum absolute atomic E-state index is 0.0511. The Morgan fingerprint density at radius 2 is 1.77 bits per heavy atom. The number of benzene rings is 2. The molecule has 162 valence electrons. The summed E-state index contributed by atoms with van der Waals surface area (Å²) in [5.74, 6) is -0.284. The smallest absolute Gasteiger partial charge is 0.462 e. The number of nitrogens with one attached hydrogen (secondary N) is 1.